The van der Waals surface area contributed by atoms with Crippen molar-refractivity contribution in [2.75, 3.05) is 13.7 Å². The van der Waals surface area contributed by atoms with Crippen molar-refractivity contribution in [1.82, 2.24) is 5.32 Å². The van der Waals surface area contributed by atoms with Crippen LogP contribution in [0, 0.1) is 0 Å². The highest BCUT2D eigenvalue weighted by Crippen LogP contribution is 2.29. The zero-order chi connectivity index (χ0) is 15.8. The molecule has 0 unspecified atom stereocenters. The fourth-order valence-corrected chi connectivity index (χ4v) is 2.02. The standard InChI is InChI=1S/C16H25NO4/c1-5-12(6-2)17-16(19)10-21-15-9-13(20-4)7-8-14(15)11(3)18/h7-9,11-12,18H,5-6,10H2,1-4H3,(H,17,19)/t11-/m0/s1. The van der Waals surface area contributed by atoms with Gasteiger partial charge in [-0.3, -0.25) is 4.79 Å². The Labute approximate surface area is 126 Å². The van der Waals surface area contributed by atoms with Gasteiger partial charge in [0.15, 0.2) is 6.61 Å². The third kappa shape index (κ3) is 5.27. The lowest BCUT2D eigenvalue weighted by Gasteiger charge is -2.17. The average Bonchev–Trinajstić information content (AvgIpc) is 2.49. The van der Waals surface area contributed by atoms with Gasteiger partial charge in [-0.15, -0.1) is 0 Å². The summed E-state index contributed by atoms with van der Waals surface area (Å²) in [5.41, 5.74) is 0.631. The number of benzene rings is 1. The molecule has 118 valence electrons. The molecule has 1 atom stereocenters. The molecule has 0 saturated carbocycles. The van der Waals surface area contributed by atoms with E-state index in [4.69, 9.17) is 9.47 Å². The second kappa shape index (κ2) is 8.52. The Hall–Kier alpha value is -1.75. The molecule has 0 aliphatic carbocycles. The molecule has 1 aromatic rings. The minimum Gasteiger partial charge on any atom is -0.497 e. The number of carbonyl (C=O) groups is 1. The number of aliphatic hydroxyl groups is 1. The molecule has 0 aliphatic rings. The maximum atomic E-state index is 11.9. The summed E-state index contributed by atoms with van der Waals surface area (Å²) in [6.07, 6.45) is 1.11. The van der Waals surface area contributed by atoms with E-state index in [0.717, 1.165) is 12.8 Å². The summed E-state index contributed by atoms with van der Waals surface area (Å²) in [6.45, 7) is 5.63. The number of aliphatic hydroxyl groups excluding tert-OH is 1. The largest absolute Gasteiger partial charge is 0.497 e. The summed E-state index contributed by atoms with van der Waals surface area (Å²) in [4.78, 5) is 11.9. The molecule has 0 heterocycles. The lowest BCUT2D eigenvalue weighted by Crippen LogP contribution is -2.37. The van der Waals surface area contributed by atoms with Gasteiger partial charge in [-0.1, -0.05) is 13.8 Å². The van der Waals surface area contributed by atoms with Crippen LogP contribution in [0.5, 0.6) is 11.5 Å². The summed E-state index contributed by atoms with van der Waals surface area (Å²) in [5.74, 6) is 0.918. The molecular formula is C16H25NO4. The normalized spacial score (nSPS) is 12.1. The summed E-state index contributed by atoms with van der Waals surface area (Å²) in [6, 6.07) is 5.33. The summed E-state index contributed by atoms with van der Waals surface area (Å²) in [5, 5.41) is 12.6. The first kappa shape index (κ1) is 17.3. The van der Waals surface area contributed by atoms with Crippen molar-refractivity contribution in [3.05, 3.63) is 23.8 Å². The van der Waals surface area contributed by atoms with E-state index in [0.29, 0.717) is 17.1 Å². The predicted octanol–water partition coefficient (Wildman–Crippen LogP) is 2.43. The minimum absolute atomic E-state index is 0.0800. The molecule has 0 spiro atoms. The molecule has 0 bridgehead atoms. The van der Waals surface area contributed by atoms with Gasteiger partial charge < -0.3 is 19.9 Å². The zero-order valence-electron chi connectivity index (χ0n) is 13.2. The maximum Gasteiger partial charge on any atom is 0.258 e. The van der Waals surface area contributed by atoms with E-state index >= 15 is 0 Å². The van der Waals surface area contributed by atoms with Crippen LogP contribution < -0.4 is 14.8 Å². The number of rotatable bonds is 8. The number of amides is 1. The van der Waals surface area contributed by atoms with Crippen molar-refractivity contribution in [1.29, 1.82) is 0 Å². The monoisotopic (exact) mass is 295 g/mol. The molecule has 5 heteroatoms. The Morgan fingerprint density at radius 1 is 1.33 bits per heavy atom. The minimum atomic E-state index is -0.673. The molecule has 0 fully saturated rings. The molecule has 0 saturated heterocycles. The van der Waals surface area contributed by atoms with Gasteiger partial charge in [-0.05, 0) is 31.9 Å². The molecule has 2 N–H and O–H groups in total. The smallest absolute Gasteiger partial charge is 0.258 e. The lowest BCUT2D eigenvalue weighted by atomic mass is 10.1. The van der Waals surface area contributed by atoms with Crippen LogP contribution in [0.15, 0.2) is 18.2 Å². The van der Waals surface area contributed by atoms with Crippen LogP contribution in [0.25, 0.3) is 0 Å². The number of hydrogen-bond acceptors (Lipinski definition) is 4. The first-order chi connectivity index (χ1) is 10.0. The molecule has 0 aromatic heterocycles. The van der Waals surface area contributed by atoms with Gasteiger partial charge in [0.05, 0.1) is 13.2 Å². The van der Waals surface area contributed by atoms with E-state index < -0.39 is 6.10 Å². The van der Waals surface area contributed by atoms with Crippen molar-refractivity contribution in [2.45, 2.75) is 45.8 Å². The lowest BCUT2D eigenvalue weighted by molar-refractivity contribution is -0.123. The number of methoxy groups -OCH3 is 1. The highest BCUT2D eigenvalue weighted by molar-refractivity contribution is 5.77. The van der Waals surface area contributed by atoms with E-state index in [9.17, 15) is 9.90 Å². The van der Waals surface area contributed by atoms with Gasteiger partial charge in [-0.25, -0.2) is 0 Å². The maximum absolute atomic E-state index is 11.9. The fraction of sp³-hybridized carbons (Fsp3) is 0.562. The third-order valence-corrected chi connectivity index (χ3v) is 3.38. The van der Waals surface area contributed by atoms with Gasteiger partial charge in [0.2, 0.25) is 0 Å². The van der Waals surface area contributed by atoms with Crippen LogP contribution in [0.2, 0.25) is 0 Å². The molecule has 0 aliphatic heterocycles. The molecule has 21 heavy (non-hydrogen) atoms. The van der Waals surface area contributed by atoms with E-state index in [1.54, 1.807) is 32.2 Å². The Kier molecular flexibility index (Phi) is 7.02. The van der Waals surface area contributed by atoms with Gasteiger partial charge in [-0.2, -0.15) is 0 Å². The third-order valence-electron chi connectivity index (χ3n) is 3.38. The van der Waals surface area contributed by atoms with Crippen molar-refractivity contribution in [3.8, 4) is 11.5 Å². The number of carbonyl (C=O) groups excluding carboxylic acids is 1. The number of ether oxygens (including phenoxy) is 2. The highest BCUT2D eigenvalue weighted by Gasteiger charge is 2.13. The van der Waals surface area contributed by atoms with Crippen LogP contribution in [0.1, 0.15) is 45.3 Å². The Bertz CT molecular complexity index is 456. The van der Waals surface area contributed by atoms with Crippen molar-refractivity contribution >= 4 is 5.91 Å². The van der Waals surface area contributed by atoms with Crippen LogP contribution in [-0.4, -0.2) is 30.8 Å². The molecular weight excluding hydrogens is 270 g/mol. The van der Waals surface area contributed by atoms with Crippen molar-refractivity contribution in [2.24, 2.45) is 0 Å². The van der Waals surface area contributed by atoms with Crippen LogP contribution >= 0.6 is 0 Å². The Morgan fingerprint density at radius 2 is 2.00 bits per heavy atom. The SMILES string of the molecule is CCC(CC)NC(=O)COc1cc(OC)ccc1[C@H](C)O. The van der Waals surface area contributed by atoms with Crippen LogP contribution in [0.3, 0.4) is 0 Å². The average molecular weight is 295 g/mol. The topological polar surface area (TPSA) is 67.8 Å². The van der Waals surface area contributed by atoms with Crippen LogP contribution in [0.4, 0.5) is 0 Å². The molecule has 5 nitrogen and oxygen atoms in total. The van der Waals surface area contributed by atoms with Gasteiger partial charge >= 0.3 is 0 Å². The zero-order valence-corrected chi connectivity index (χ0v) is 13.2. The second-order valence-electron chi connectivity index (χ2n) is 4.95. The quantitative estimate of drug-likeness (QED) is 0.773. The van der Waals surface area contributed by atoms with Crippen molar-refractivity contribution < 1.29 is 19.4 Å². The Balaban J connectivity index is 2.71. The summed E-state index contributed by atoms with van der Waals surface area (Å²) >= 11 is 0. The molecule has 1 rings (SSSR count). The predicted molar refractivity (Wildman–Crippen MR) is 81.6 cm³/mol. The molecule has 1 aromatic carbocycles. The first-order valence-electron chi connectivity index (χ1n) is 7.29. The highest BCUT2D eigenvalue weighted by atomic mass is 16.5. The first-order valence-corrected chi connectivity index (χ1v) is 7.29. The van der Waals surface area contributed by atoms with Crippen LogP contribution in [-0.2, 0) is 4.79 Å². The van der Waals surface area contributed by atoms with Crippen molar-refractivity contribution in [3.63, 3.8) is 0 Å². The second-order valence-corrected chi connectivity index (χ2v) is 4.95. The Morgan fingerprint density at radius 3 is 2.52 bits per heavy atom. The number of hydrogen-bond donors (Lipinski definition) is 2. The molecule has 0 radical (unpaired) electrons. The summed E-state index contributed by atoms with van der Waals surface area (Å²) < 4.78 is 10.7. The van der Waals surface area contributed by atoms with E-state index in [1.165, 1.54) is 0 Å². The van der Waals surface area contributed by atoms with Gasteiger partial charge in [0, 0.05) is 17.7 Å². The van der Waals surface area contributed by atoms with Gasteiger partial charge in [0.1, 0.15) is 11.5 Å². The summed E-state index contributed by atoms with van der Waals surface area (Å²) in [7, 11) is 1.56. The van der Waals surface area contributed by atoms with E-state index in [1.807, 2.05) is 13.8 Å². The molecule has 1 amide bonds. The van der Waals surface area contributed by atoms with E-state index in [2.05, 4.69) is 5.32 Å². The fourth-order valence-electron chi connectivity index (χ4n) is 2.02. The van der Waals surface area contributed by atoms with Gasteiger partial charge in [0.25, 0.3) is 5.91 Å². The number of nitrogens with one attached hydrogen (secondary N) is 1. The van der Waals surface area contributed by atoms with E-state index in [-0.39, 0.29) is 18.6 Å².